The van der Waals surface area contributed by atoms with Gasteiger partial charge in [0.1, 0.15) is 0 Å². The van der Waals surface area contributed by atoms with Gasteiger partial charge in [0.25, 0.3) is 0 Å². The lowest BCUT2D eigenvalue weighted by Gasteiger charge is -2.11. The lowest BCUT2D eigenvalue weighted by Crippen LogP contribution is -2.02. The van der Waals surface area contributed by atoms with Crippen LogP contribution in [0.15, 0.2) is 42.5 Å². The molecule has 0 radical (unpaired) electrons. The first-order valence-corrected chi connectivity index (χ1v) is 6.67. The lowest BCUT2D eigenvalue weighted by molar-refractivity contribution is 0.459. The standard InChI is InChI=1S/C12H11ClN2O3S/c13-8-1-4-10(5-2-8)15-11-6-3-9(14)7-12(11)18-19(16)17/h1-7,15H,14H2,(H,16,17). The van der Waals surface area contributed by atoms with Crippen LogP contribution in [-0.4, -0.2) is 8.76 Å². The molecule has 19 heavy (non-hydrogen) atoms. The van der Waals surface area contributed by atoms with Gasteiger partial charge in [-0.15, -0.1) is 0 Å². The number of hydrogen-bond acceptors (Lipinski definition) is 4. The van der Waals surface area contributed by atoms with Gasteiger partial charge in [0, 0.05) is 22.5 Å². The van der Waals surface area contributed by atoms with Crippen molar-refractivity contribution < 1.29 is 12.9 Å². The van der Waals surface area contributed by atoms with Crippen LogP contribution in [0, 0.1) is 0 Å². The molecule has 2 aromatic carbocycles. The highest BCUT2D eigenvalue weighted by molar-refractivity contribution is 7.74. The molecule has 4 N–H and O–H groups in total. The third-order valence-corrected chi connectivity index (χ3v) is 2.86. The minimum absolute atomic E-state index is 0.191. The molecule has 0 aromatic heterocycles. The summed E-state index contributed by atoms with van der Waals surface area (Å²) in [6, 6.07) is 11.8. The van der Waals surface area contributed by atoms with Crippen molar-refractivity contribution in [2.24, 2.45) is 0 Å². The Hall–Kier alpha value is -1.76. The fourth-order valence-electron chi connectivity index (χ4n) is 1.48. The van der Waals surface area contributed by atoms with E-state index in [9.17, 15) is 4.21 Å². The first-order chi connectivity index (χ1) is 9.04. The van der Waals surface area contributed by atoms with Gasteiger partial charge < -0.3 is 15.2 Å². The van der Waals surface area contributed by atoms with Crippen molar-refractivity contribution in [2.75, 3.05) is 11.1 Å². The molecular weight excluding hydrogens is 288 g/mol. The summed E-state index contributed by atoms with van der Waals surface area (Å²) < 4.78 is 24.3. The molecule has 0 saturated heterocycles. The molecule has 1 unspecified atom stereocenters. The number of benzene rings is 2. The summed E-state index contributed by atoms with van der Waals surface area (Å²) >= 11 is 3.38. The summed E-state index contributed by atoms with van der Waals surface area (Å²) in [7, 11) is 0. The minimum atomic E-state index is -2.41. The SMILES string of the molecule is Nc1ccc(Nc2ccc(Cl)cc2)c(OS(=O)O)c1. The van der Waals surface area contributed by atoms with Gasteiger partial charge in [0.2, 0.25) is 0 Å². The van der Waals surface area contributed by atoms with Gasteiger partial charge >= 0.3 is 11.4 Å². The van der Waals surface area contributed by atoms with E-state index in [-0.39, 0.29) is 5.75 Å². The molecule has 0 fully saturated rings. The zero-order valence-corrected chi connectivity index (χ0v) is 11.2. The number of hydrogen-bond donors (Lipinski definition) is 3. The van der Waals surface area contributed by atoms with E-state index in [1.165, 1.54) is 6.07 Å². The molecule has 1 atom stereocenters. The Kier molecular flexibility index (Phi) is 4.26. The molecule has 5 nitrogen and oxygen atoms in total. The van der Waals surface area contributed by atoms with E-state index in [2.05, 4.69) is 5.32 Å². The Balaban J connectivity index is 2.28. The quantitative estimate of drug-likeness (QED) is 0.596. The monoisotopic (exact) mass is 298 g/mol. The van der Waals surface area contributed by atoms with E-state index in [1.807, 2.05) is 0 Å². The van der Waals surface area contributed by atoms with Crippen LogP contribution in [0.5, 0.6) is 5.75 Å². The largest absolute Gasteiger partial charge is 0.399 e. The van der Waals surface area contributed by atoms with Crippen LogP contribution in [0.3, 0.4) is 0 Å². The van der Waals surface area contributed by atoms with Gasteiger partial charge in [-0.25, -0.2) is 0 Å². The van der Waals surface area contributed by atoms with Crippen LogP contribution in [0.4, 0.5) is 17.1 Å². The number of rotatable bonds is 4. The highest BCUT2D eigenvalue weighted by atomic mass is 35.5. The van der Waals surface area contributed by atoms with E-state index in [0.29, 0.717) is 16.4 Å². The van der Waals surface area contributed by atoms with Crippen molar-refractivity contribution in [3.63, 3.8) is 0 Å². The molecule has 0 aliphatic carbocycles. The number of nitrogens with two attached hydrogens (primary N) is 1. The van der Waals surface area contributed by atoms with Gasteiger partial charge in [-0.3, -0.25) is 4.55 Å². The smallest absolute Gasteiger partial charge is 0.357 e. The molecule has 0 heterocycles. The first kappa shape index (κ1) is 13.7. The number of nitrogen functional groups attached to an aromatic ring is 1. The second-order valence-corrected chi connectivity index (χ2v) is 4.73. The predicted octanol–water partition coefficient (Wildman–Crippen LogP) is 3.18. The summed E-state index contributed by atoms with van der Waals surface area (Å²) in [5.74, 6) is 0.191. The van der Waals surface area contributed by atoms with Crippen LogP contribution in [0.2, 0.25) is 5.02 Å². The van der Waals surface area contributed by atoms with Crippen molar-refractivity contribution in [3.8, 4) is 5.75 Å². The highest BCUT2D eigenvalue weighted by Gasteiger charge is 2.08. The minimum Gasteiger partial charge on any atom is -0.399 e. The van der Waals surface area contributed by atoms with E-state index >= 15 is 0 Å². The highest BCUT2D eigenvalue weighted by Crippen LogP contribution is 2.30. The third kappa shape index (κ3) is 3.85. The Bertz CT molecular complexity index is 604. The lowest BCUT2D eigenvalue weighted by atomic mass is 10.2. The zero-order valence-electron chi connectivity index (χ0n) is 9.67. The third-order valence-electron chi connectivity index (χ3n) is 2.29. The average molecular weight is 299 g/mol. The molecule has 100 valence electrons. The van der Waals surface area contributed by atoms with Crippen LogP contribution in [0.1, 0.15) is 0 Å². The molecule has 0 amide bonds. The maximum Gasteiger partial charge on any atom is 0.357 e. The van der Waals surface area contributed by atoms with Crippen molar-refractivity contribution in [1.29, 1.82) is 0 Å². The molecule has 0 aliphatic rings. The molecule has 2 rings (SSSR count). The molecule has 2 aromatic rings. The maximum atomic E-state index is 10.7. The summed E-state index contributed by atoms with van der Waals surface area (Å²) in [4.78, 5) is 0. The summed E-state index contributed by atoms with van der Waals surface area (Å²) in [6.45, 7) is 0. The van der Waals surface area contributed by atoms with Crippen molar-refractivity contribution in [3.05, 3.63) is 47.5 Å². The van der Waals surface area contributed by atoms with Crippen molar-refractivity contribution in [1.82, 2.24) is 0 Å². The average Bonchev–Trinajstić information content (AvgIpc) is 2.34. The fourth-order valence-corrected chi connectivity index (χ4v) is 1.89. The first-order valence-electron chi connectivity index (χ1n) is 5.26. The van der Waals surface area contributed by atoms with Gasteiger partial charge in [-0.2, -0.15) is 4.21 Å². The predicted molar refractivity (Wildman–Crippen MR) is 77.0 cm³/mol. The van der Waals surface area contributed by atoms with Crippen molar-refractivity contribution >= 4 is 40.0 Å². The van der Waals surface area contributed by atoms with Gasteiger partial charge in [0.05, 0.1) is 5.69 Å². The van der Waals surface area contributed by atoms with Gasteiger partial charge in [0.15, 0.2) is 5.75 Å². The molecule has 7 heteroatoms. The van der Waals surface area contributed by atoms with Crippen molar-refractivity contribution in [2.45, 2.75) is 0 Å². The van der Waals surface area contributed by atoms with E-state index in [0.717, 1.165) is 5.69 Å². The number of anilines is 3. The molecule has 0 bridgehead atoms. The molecule has 0 aliphatic heterocycles. The maximum absolute atomic E-state index is 10.7. The second-order valence-electron chi connectivity index (χ2n) is 3.69. The van der Waals surface area contributed by atoms with E-state index in [1.54, 1.807) is 36.4 Å². The Labute approximate surface area is 117 Å². The molecular formula is C12H11ClN2O3S. The van der Waals surface area contributed by atoms with Gasteiger partial charge in [-0.1, -0.05) is 11.6 Å². The van der Waals surface area contributed by atoms with E-state index in [4.69, 9.17) is 26.1 Å². The Morgan fingerprint density at radius 2 is 1.89 bits per heavy atom. The summed E-state index contributed by atoms with van der Waals surface area (Å²) in [5, 5.41) is 3.67. The Morgan fingerprint density at radius 1 is 1.21 bits per heavy atom. The normalized spacial score (nSPS) is 11.9. The van der Waals surface area contributed by atoms with Crippen LogP contribution in [0.25, 0.3) is 0 Å². The number of halogens is 1. The van der Waals surface area contributed by atoms with Crippen LogP contribution >= 0.6 is 11.6 Å². The zero-order chi connectivity index (χ0) is 13.8. The second kappa shape index (κ2) is 5.92. The van der Waals surface area contributed by atoms with E-state index < -0.39 is 11.4 Å². The molecule has 0 saturated carbocycles. The topological polar surface area (TPSA) is 84.6 Å². The fraction of sp³-hybridized carbons (Fsp3) is 0. The Morgan fingerprint density at radius 3 is 2.53 bits per heavy atom. The summed E-state index contributed by atoms with van der Waals surface area (Å²) in [5.41, 5.74) is 7.34. The number of nitrogens with one attached hydrogen (secondary N) is 1. The van der Waals surface area contributed by atoms with Gasteiger partial charge in [-0.05, 0) is 36.4 Å². The summed E-state index contributed by atoms with van der Waals surface area (Å²) in [6.07, 6.45) is 0. The van der Waals surface area contributed by atoms with Crippen LogP contribution < -0.4 is 15.2 Å². The van der Waals surface area contributed by atoms with Crippen LogP contribution in [-0.2, 0) is 11.4 Å². The molecule has 0 spiro atoms.